The fourth-order valence-electron chi connectivity index (χ4n) is 2.44. The molecule has 7 nitrogen and oxygen atoms in total. The highest BCUT2D eigenvalue weighted by Gasteiger charge is 2.10. The molecular formula is C20H20N4O3S. The SMILES string of the molecule is COc1cccc(CNC(=O)Cc2csc(NC(=O)Nc3ccccc3)n2)c1. The van der Waals surface area contributed by atoms with Crippen molar-refractivity contribution in [2.75, 3.05) is 17.7 Å². The van der Waals surface area contributed by atoms with Gasteiger partial charge in [0.25, 0.3) is 0 Å². The number of methoxy groups -OCH3 is 1. The van der Waals surface area contributed by atoms with Crippen LogP contribution in [0.1, 0.15) is 11.3 Å². The lowest BCUT2D eigenvalue weighted by atomic mass is 10.2. The lowest BCUT2D eigenvalue weighted by Gasteiger charge is -2.06. The fraction of sp³-hybridized carbons (Fsp3) is 0.150. The minimum absolute atomic E-state index is 0.141. The number of rotatable bonds is 7. The molecule has 0 saturated heterocycles. The molecule has 28 heavy (non-hydrogen) atoms. The molecule has 3 rings (SSSR count). The molecule has 3 N–H and O–H groups in total. The molecule has 0 aliphatic heterocycles. The highest BCUT2D eigenvalue weighted by molar-refractivity contribution is 7.14. The molecule has 0 aliphatic rings. The maximum absolute atomic E-state index is 12.1. The van der Waals surface area contributed by atoms with Gasteiger partial charge in [0.1, 0.15) is 5.75 Å². The second-order valence-corrected chi connectivity index (χ2v) is 6.75. The summed E-state index contributed by atoms with van der Waals surface area (Å²) in [6.07, 6.45) is 0.141. The van der Waals surface area contributed by atoms with Crippen LogP contribution in [-0.2, 0) is 17.8 Å². The van der Waals surface area contributed by atoms with Gasteiger partial charge in [-0.05, 0) is 29.8 Å². The number of ether oxygens (including phenoxy) is 1. The first-order valence-electron chi connectivity index (χ1n) is 8.59. The van der Waals surface area contributed by atoms with Gasteiger partial charge >= 0.3 is 6.03 Å². The lowest BCUT2D eigenvalue weighted by molar-refractivity contribution is -0.120. The van der Waals surface area contributed by atoms with Crippen LogP contribution < -0.4 is 20.7 Å². The number of amides is 3. The average molecular weight is 396 g/mol. The highest BCUT2D eigenvalue weighted by atomic mass is 32.1. The van der Waals surface area contributed by atoms with Crippen LogP contribution in [0.2, 0.25) is 0 Å². The Morgan fingerprint density at radius 3 is 2.68 bits per heavy atom. The Morgan fingerprint density at radius 1 is 1.07 bits per heavy atom. The number of hydrogen-bond donors (Lipinski definition) is 3. The Balaban J connectivity index is 1.47. The summed E-state index contributed by atoms with van der Waals surface area (Å²) in [5, 5.41) is 10.4. The van der Waals surface area contributed by atoms with Crippen molar-refractivity contribution in [1.29, 1.82) is 0 Å². The van der Waals surface area contributed by atoms with Gasteiger partial charge in [0.15, 0.2) is 5.13 Å². The van der Waals surface area contributed by atoms with Crippen LogP contribution in [0.3, 0.4) is 0 Å². The zero-order valence-electron chi connectivity index (χ0n) is 15.3. The van der Waals surface area contributed by atoms with Crippen LogP contribution in [0.4, 0.5) is 15.6 Å². The molecule has 0 spiro atoms. The van der Waals surface area contributed by atoms with E-state index in [0.717, 1.165) is 11.3 Å². The van der Waals surface area contributed by atoms with Gasteiger partial charge in [-0.1, -0.05) is 30.3 Å². The summed E-state index contributed by atoms with van der Waals surface area (Å²) >= 11 is 1.27. The second-order valence-electron chi connectivity index (χ2n) is 5.89. The molecule has 0 radical (unpaired) electrons. The predicted molar refractivity (Wildman–Crippen MR) is 110 cm³/mol. The summed E-state index contributed by atoms with van der Waals surface area (Å²) in [5.41, 5.74) is 2.24. The van der Waals surface area contributed by atoms with Crippen LogP contribution in [0.5, 0.6) is 5.75 Å². The molecule has 0 fully saturated rings. The monoisotopic (exact) mass is 396 g/mol. The predicted octanol–water partition coefficient (Wildman–Crippen LogP) is 3.65. The average Bonchev–Trinajstić information content (AvgIpc) is 3.13. The number of aromatic nitrogens is 1. The van der Waals surface area contributed by atoms with E-state index in [0.29, 0.717) is 23.1 Å². The molecule has 1 aromatic heterocycles. The molecule has 8 heteroatoms. The fourth-order valence-corrected chi connectivity index (χ4v) is 3.14. The van der Waals surface area contributed by atoms with E-state index in [1.165, 1.54) is 11.3 Å². The Morgan fingerprint density at radius 2 is 1.89 bits per heavy atom. The van der Waals surface area contributed by atoms with Gasteiger partial charge in [0, 0.05) is 17.6 Å². The van der Waals surface area contributed by atoms with Crippen LogP contribution in [0.15, 0.2) is 60.0 Å². The molecule has 0 bridgehead atoms. The third-order valence-electron chi connectivity index (χ3n) is 3.77. The summed E-state index contributed by atoms with van der Waals surface area (Å²) in [5.74, 6) is 0.601. The van der Waals surface area contributed by atoms with Crippen molar-refractivity contribution in [3.8, 4) is 5.75 Å². The van der Waals surface area contributed by atoms with Crippen molar-refractivity contribution in [1.82, 2.24) is 10.3 Å². The summed E-state index contributed by atoms with van der Waals surface area (Å²) in [4.78, 5) is 28.4. The molecule has 0 saturated carbocycles. The van der Waals surface area contributed by atoms with E-state index >= 15 is 0 Å². The van der Waals surface area contributed by atoms with E-state index in [1.54, 1.807) is 24.6 Å². The number of anilines is 2. The number of nitrogens with zero attached hydrogens (tertiary/aromatic N) is 1. The van der Waals surface area contributed by atoms with Crippen molar-refractivity contribution >= 4 is 34.1 Å². The molecule has 3 aromatic rings. The quantitative estimate of drug-likeness (QED) is 0.568. The normalized spacial score (nSPS) is 10.2. The van der Waals surface area contributed by atoms with Crippen LogP contribution in [0, 0.1) is 0 Å². The molecule has 144 valence electrons. The molecule has 3 amide bonds. The van der Waals surface area contributed by atoms with E-state index < -0.39 is 0 Å². The van der Waals surface area contributed by atoms with Crippen LogP contribution >= 0.6 is 11.3 Å². The van der Waals surface area contributed by atoms with Gasteiger partial charge in [-0.25, -0.2) is 9.78 Å². The molecule has 0 aliphatic carbocycles. The number of para-hydroxylation sites is 1. The van der Waals surface area contributed by atoms with Crippen LogP contribution in [0.25, 0.3) is 0 Å². The van der Waals surface area contributed by atoms with E-state index in [-0.39, 0.29) is 18.4 Å². The minimum Gasteiger partial charge on any atom is -0.497 e. The number of nitrogens with one attached hydrogen (secondary N) is 3. The Hall–Kier alpha value is -3.39. The first-order valence-corrected chi connectivity index (χ1v) is 9.47. The maximum Gasteiger partial charge on any atom is 0.325 e. The van der Waals surface area contributed by atoms with Crippen molar-refractivity contribution in [2.45, 2.75) is 13.0 Å². The maximum atomic E-state index is 12.1. The Bertz CT molecular complexity index is 943. The van der Waals surface area contributed by atoms with E-state index in [9.17, 15) is 9.59 Å². The van der Waals surface area contributed by atoms with Crippen molar-refractivity contribution in [2.24, 2.45) is 0 Å². The number of thiazole rings is 1. The smallest absolute Gasteiger partial charge is 0.325 e. The molecular weight excluding hydrogens is 376 g/mol. The summed E-state index contributed by atoms with van der Waals surface area (Å²) in [6, 6.07) is 16.3. The first kappa shape index (κ1) is 19.4. The van der Waals surface area contributed by atoms with Gasteiger partial charge in [0.2, 0.25) is 5.91 Å². The Kier molecular flexibility index (Phi) is 6.59. The third-order valence-corrected chi connectivity index (χ3v) is 4.58. The number of hydrogen-bond acceptors (Lipinski definition) is 5. The molecule has 1 heterocycles. The second kappa shape index (κ2) is 9.52. The zero-order valence-corrected chi connectivity index (χ0v) is 16.1. The Labute approximate surface area is 166 Å². The number of benzene rings is 2. The lowest BCUT2D eigenvalue weighted by Crippen LogP contribution is -2.24. The topological polar surface area (TPSA) is 92.4 Å². The van der Waals surface area contributed by atoms with Gasteiger partial charge in [-0.3, -0.25) is 10.1 Å². The zero-order chi connectivity index (χ0) is 19.8. The first-order chi connectivity index (χ1) is 13.6. The van der Waals surface area contributed by atoms with Gasteiger partial charge in [-0.15, -0.1) is 11.3 Å². The number of carbonyl (C=O) groups is 2. The van der Waals surface area contributed by atoms with E-state index in [4.69, 9.17) is 4.74 Å². The molecule has 2 aromatic carbocycles. The van der Waals surface area contributed by atoms with Gasteiger partial charge in [0.05, 0.1) is 19.2 Å². The molecule has 0 atom stereocenters. The summed E-state index contributed by atoms with van der Waals surface area (Å²) in [6.45, 7) is 0.407. The minimum atomic E-state index is -0.380. The number of urea groups is 1. The highest BCUT2D eigenvalue weighted by Crippen LogP contribution is 2.17. The van der Waals surface area contributed by atoms with Crippen molar-refractivity contribution in [3.05, 3.63) is 71.2 Å². The molecule has 0 unspecified atom stereocenters. The van der Waals surface area contributed by atoms with E-state index in [1.807, 2.05) is 42.5 Å². The van der Waals surface area contributed by atoms with Crippen molar-refractivity contribution in [3.63, 3.8) is 0 Å². The third kappa shape index (κ3) is 5.82. The number of carbonyl (C=O) groups excluding carboxylic acids is 2. The van der Waals surface area contributed by atoms with E-state index in [2.05, 4.69) is 20.9 Å². The largest absolute Gasteiger partial charge is 0.497 e. The van der Waals surface area contributed by atoms with Crippen molar-refractivity contribution < 1.29 is 14.3 Å². The van der Waals surface area contributed by atoms with Gasteiger partial charge < -0.3 is 15.4 Å². The summed E-state index contributed by atoms with van der Waals surface area (Å²) < 4.78 is 5.17. The van der Waals surface area contributed by atoms with Crippen LogP contribution in [-0.4, -0.2) is 24.0 Å². The van der Waals surface area contributed by atoms with Gasteiger partial charge in [-0.2, -0.15) is 0 Å². The standard InChI is InChI=1S/C20H20N4O3S/c1-27-17-9-5-6-14(10-17)12-21-18(25)11-16-13-28-20(23-16)24-19(26)22-15-7-3-2-4-8-15/h2-10,13H,11-12H2,1H3,(H,21,25)(H2,22,23,24,26). The summed E-state index contributed by atoms with van der Waals surface area (Å²) in [7, 11) is 1.60.